The van der Waals surface area contributed by atoms with E-state index in [0.717, 1.165) is 33.7 Å². The van der Waals surface area contributed by atoms with Gasteiger partial charge in [-0.25, -0.2) is 23.4 Å². The number of nitrogens with zero attached hydrogens (tertiary/aromatic N) is 3. The maximum absolute atomic E-state index is 13.2. The summed E-state index contributed by atoms with van der Waals surface area (Å²) in [5.74, 6) is 1.32. The van der Waals surface area contributed by atoms with Gasteiger partial charge in [0.15, 0.2) is 0 Å². The van der Waals surface area contributed by atoms with E-state index in [1.54, 1.807) is 67.9 Å². The van der Waals surface area contributed by atoms with Crippen LogP contribution in [-0.2, 0) is 9.84 Å². The zero-order valence-electron chi connectivity index (χ0n) is 19.6. The lowest BCUT2D eigenvalue weighted by atomic mass is 10.1. The van der Waals surface area contributed by atoms with Crippen LogP contribution < -0.4 is 15.4 Å². The van der Waals surface area contributed by atoms with Gasteiger partial charge in [-0.2, -0.15) is 0 Å². The molecule has 0 spiro atoms. The van der Waals surface area contributed by atoms with Gasteiger partial charge >= 0.3 is 0 Å². The zero-order valence-corrected chi connectivity index (χ0v) is 20.5. The number of benzene rings is 3. The fourth-order valence-corrected chi connectivity index (χ4v) is 5.12. The van der Waals surface area contributed by atoms with Gasteiger partial charge in [0, 0.05) is 34.3 Å². The van der Waals surface area contributed by atoms with Crippen molar-refractivity contribution in [1.82, 2.24) is 15.0 Å². The minimum Gasteiger partial charge on any atom is -0.494 e. The number of pyridine rings is 1. The fourth-order valence-electron chi connectivity index (χ4n) is 3.86. The molecule has 36 heavy (non-hydrogen) atoms. The lowest BCUT2D eigenvalue weighted by Crippen LogP contribution is -2.03. The predicted molar refractivity (Wildman–Crippen MR) is 140 cm³/mol. The summed E-state index contributed by atoms with van der Waals surface area (Å²) >= 11 is 0. The molecule has 0 fully saturated rings. The Morgan fingerprint density at radius 3 is 2.11 bits per heavy atom. The van der Waals surface area contributed by atoms with Gasteiger partial charge in [-0.1, -0.05) is 12.1 Å². The van der Waals surface area contributed by atoms with Crippen molar-refractivity contribution < 1.29 is 13.2 Å². The molecule has 0 bridgehead atoms. The molecule has 0 amide bonds. The number of para-hydroxylation sites is 1. The van der Waals surface area contributed by atoms with Crippen LogP contribution in [0.15, 0.2) is 101 Å². The molecule has 9 heteroatoms. The Balaban J connectivity index is 1.37. The highest BCUT2D eigenvalue weighted by Gasteiger charge is 2.18. The number of methoxy groups -OCH3 is 1. The summed E-state index contributed by atoms with van der Waals surface area (Å²) in [5.41, 5.74) is 3.95. The molecule has 180 valence electrons. The molecule has 2 aromatic heterocycles. The molecule has 5 rings (SSSR count). The van der Waals surface area contributed by atoms with E-state index in [2.05, 4.69) is 25.6 Å². The Morgan fingerprint density at radius 1 is 0.833 bits per heavy atom. The number of fused-ring (bicyclic) bond motifs is 1. The zero-order chi connectivity index (χ0) is 25.1. The highest BCUT2D eigenvalue weighted by atomic mass is 32.2. The van der Waals surface area contributed by atoms with Crippen molar-refractivity contribution in [2.24, 2.45) is 0 Å². The van der Waals surface area contributed by atoms with Crippen molar-refractivity contribution in [3.63, 3.8) is 0 Å². The Labute approximate surface area is 209 Å². The molecule has 8 nitrogen and oxygen atoms in total. The van der Waals surface area contributed by atoms with E-state index in [1.165, 1.54) is 6.33 Å². The standard InChI is InChI=1S/C27H23N5O3S/c1-18-16-24(23-4-3-5-25(35-2)27(23)30-18)31-19-6-10-21(11-7-19)36(33,34)22-12-8-20(9-13-22)32-26-14-15-28-17-29-26/h3-17H,1-2H3,(H,30,31)(H,28,29,32). The smallest absolute Gasteiger partial charge is 0.206 e. The van der Waals surface area contributed by atoms with Gasteiger partial charge in [0.1, 0.15) is 23.4 Å². The molecular formula is C27H23N5O3S. The van der Waals surface area contributed by atoms with Gasteiger partial charge in [0.25, 0.3) is 0 Å². The summed E-state index contributed by atoms with van der Waals surface area (Å²) in [6, 6.07) is 22.7. The summed E-state index contributed by atoms with van der Waals surface area (Å²) in [6.45, 7) is 1.92. The molecule has 0 aliphatic heterocycles. The van der Waals surface area contributed by atoms with Crippen molar-refractivity contribution >= 4 is 43.6 Å². The van der Waals surface area contributed by atoms with Crippen LogP contribution >= 0.6 is 0 Å². The van der Waals surface area contributed by atoms with Gasteiger partial charge in [0.05, 0.1) is 16.9 Å². The van der Waals surface area contributed by atoms with Crippen LogP contribution in [0.2, 0.25) is 0 Å². The lowest BCUT2D eigenvalue weighted by molar-refractivity contribution is 0.419. The molecule has 0 saturated carbocycles. The number of anilines is 4. The van der Waals surface area contributed by atoms with Crippen LogP contribution in [0, 0.1) is 6.92 Å². The minimum absolute atomic E-state index is 0.208. The van der Waals surface area contributed by atoms with E-state index in [0.29, 0.717) is 11.6 Å². The van der Waals surface area contributed by atoms with Gasteiger partial charge in [-0.3, -0.25) is 0 Å². The van der Waals surface area contributed by atoms with Crippen molar-refractivity contribution in [3.05, 3.63) is 97.1 Å². The number of rotatable bonds is 7. The van der Waals surface area contributed by atoms with Crippen LogP contribution in [0.25, 0.3) is 10.9 Å². The van der Waals surface area contributed by atoms with Crippen LogP contribution in [0.1, 0.15) is 5.69 Å². The molecule has 0 radical (unpaired) electrons. The van der Waals surface area contributed by atoms with E-state index in [1.807, 2.05) is 31.2 Å². The number of hydrogen-bond donors (Lipinski definition) is 2. The average Bonchev–Trinajstić information content (AvgIpc) is 2.89. The van der Waals surface area contributed by atoms with Crippen molar-refractivity contribution in [1.29, 1.82) is 0 Å². The van der Waals surface area contributed by atoms with Crippen LogP contribution in [-0.4, -0.2) is 30.5 Å². The van der Waals surface area contributed by atoms with Crippen molar-refractivity contribution in [2.45, 2.75) is 16.7 Å². The van der Waals surface area contributed by atoms with E-state index < -0.39 is 9.84 Å². The summed E-state index contributed by atoms with van der Waals surface area (Å²) < 4.78 is 31.8. The van der Waals surface area contributed by atoms with Crippen molar-refractivity contribution in [3.8, 4) is 5.75 Å². The number of nitrogens with one attached hydrogen (secondary N) is 2. The Morgan fingerprint density at radius 2 is 1.50 bits per heavy atom. The molecular weight excluding hydrogens is 474 g/mol. The van der Waals surface area contributed by atoms with Crippen LogP contribution in [0.5, 0.6) is 5.75 Å². The van der Waals surface area contributed by atoms with Gasteiger partial charge in [-0.15, -0.1) is 0 Å². The molecule has 0 saturated heterocycles. The van der Waals surface area contributed by atoms with Crippen LogP contribution in [0.3, 0.4) is 0 Å². The first-order chi connectivity index (χ1) is 17.4. The SMILES string of the molecule is COc1cccc2c(Nc3ccc(S(=O)(=O)c4ccc(Nc5ccncn5)cc4)cc3)cc(C)nc12. The second kappa shape index (κ2) is 9.63. The number of aromatic nitrogens is 3. The number of aryl methyl sites for hydroxylation is 1. The Hall–Kier alpha value is -4.50. The van der Waals surface area contributed by atoms with Crippen LogP contribution in [0.4, 0.5) is 22.9 Å². The fraction of sp³-hybridized carbons (Fsp3) is 0.0741. The van der Waals surface area contributed by atoms with Gasteiger partial charge in [0.2, 0.25) is 9.84 Å². The van der Waals surface area contributed by atoms with Gasteiger partial charge < -0.3 is 15.4 Å². The molecule has 0 unspecified atom stereocenters. The summed E-state index contributed by atoms with van der Waals surface area (Å²) in [5, 5.41) is 7.40. The monoisotopic (exact) mass is 497 g/mol. The van der Waals surface area contributed by atoms with Crippen molar-refractivity contribution in [2.75, 3.05) is 17.7 Å². The van der Waals surface area contributed by atoms with E-state index in [-0.39, 0.29) is 9.79 Å². The first-order valence-corrected chi connectivity index (χ1v) is 12.6. The van der Waals surface area contributed by atoms with E-state index in [4.69, 9.17) is 4.74 Å². The third-order valence-electron chi connectivity index (χ3n) is 5.61. The van der Waals surface area contributed by atoms with E-state index >= 15 is 0 Å². The summed E-state index contributed by atoms with van der Waals surface area (Å²) in [4.78, 5) is 13.0. The highest BCUT2D eigenvalue weighted by Crippen LogP contribution is 2.32. The number of hydrogen-bond acceptors (Lipinski definition) is 8. The lowest BCUT2D eigenvalue weighted by Gasteiger charge is -2.13. The molecule has 2 N–H and O–H groups in total. The minimum atomic E-state index is -3.68. The maximum Gasteiger partial charge on any atom is 0.206 e. The first-order valence-electron chi connectivity index (χ1n) is 11.1. The average molecular weight is 498 g/mol. The third kappa shape index (κ3) is 4.69. The van der Waals surface area contributed by atoms with E-state index in [9.17, 15) is 8.42 Å². The largest absolute Gasteiger partial charge is 0.494 e. The molecule has 5 aromatic rings. The molecule has 3 aromatic carbocycles. The second-order valence-corrected chi connectivity index (χ2v) is 10.0. The number of sulfone groups is 1. The quantitative estimate of drug-likeness (QED) is 0.297. The van der Waals surface area contributed by atoms with Gasteiger partial charge in [-0.05, 0) is 73.7 Å². The molecule has 0 aliphatic rings. The Bertz CT molecular complexity index is 1620. The maximum atomic E-state index is 13.2. The summed E-state index contributed by atoms with van der Waals surface area (Å²) in [6.07, 6.45) is 3.07. The normalized spacial score (nSPS) is 11.3. The highest BCUT2D eigenvalue weighted by molar-refractivity contribution is 7.91. The second-order valence-electron chi connectivity index (χ2n) is 8.06. The number of ether oxygens (including phenoxy) is 1. The molecule has 2 heterocycles. The predicted octanol–water partition coefficient (Wildman–Crippen LogP) is 5.66. The summed E-state index contributed by atoms with van der Waals surface area (Å²) in [7, 11) is -2.06. The molecule has 0 atom stereocenters. The third-order valence-corrected chi connectivity index (χ3v) is 7.40. The first kappa shape index (κ1) is 23.3. The Kier molecular flexibility index (Phi) is 6.22. The molecule has 0 aliphatic carbocycles. The topological polar surface area (TPSA) is 106 Å².